The zero-order chi connectivity index (χ0) is 97.8. The van der Waals surface area contributed by atoms with Crippen LogP contribution in [-0.4, -0.2) is 4.57 Å². The summed E-state index contributed by atoms with van der Waals surface area (Å²) < 4.78 is 14.4. The SMILES string of the molecule is c1ccc(-n2c3ccccc3c3ccc4c(c32)Cc2c-4ccc3ccccc23)cc1.c1ccc2c(c1)-c1ccccc1C21c2ccc3c(c2-c2c1ccc1ccccc21)Cc1c-3ccc2ccccc12.c1ccc2c3c(ccc2c1)-c1ccc2c(sc4ccccc42)c1C3.c1ccc2c3c(ccc2c1)-c1ccc2sc4c5ccccc5ccc4c2c1C3.c1ccc2cc3c(cc2c1)oc1ccc2c(c13)Cc1c-2ccc2ccccc12. The lowest BCUT2D eigenvalue weighted by Gasteiger charge is -2.30. The Labute approximate surface area is 873 Å². The van der Waals surface area contributed by atoms with E-state index in [-0.39, 0.29) is 5.41 Å². The van der Waals surface area contributed by atoms with Crippen molar-refractivity contribution in [1.82, 2.24) is 4.57 Å². The Morgan fingerprint density at radius 2 is 0.553 bits per heavy atom. The van der Waals surface area contributed by atoms with E-state index in [0.29, 0.717) is 0 Å². The highest BCUT2D eigenvalue weighted by Gasteiger charge is 2.53. The van der Waals surface area contributed by atoms with Crippen LogP contribution in [0.5, 0.6) is 0 Å². The van der Waals surface area contributed by atoms with E-state index in [2.05, 4.69) is 484 Å². The predicted octanol–water partition coefficient (Wildman–Crippen LogP) is 39.6. The minimum absolute atomic E-state index is 0.312. The van der Waals surface area contributed by atoms with E-state index >= 15 is 0 Å². The summed E-state index contributed by atoms with van der Waals surface area (Å²) in [5.41, 5.74) is 45.4. The first-order valence-corrected chi connectivity index (χ1v) is 54.2. The molecule has 4 heterocycles. The smallest absolute Gasteiger partial charge is 0.136 e. The molecule has 1 spiro atoms. The molecule has 7 aliphatic rings. The fraction of sp³-hybridized carbons (Fsp3) is 0.0411. The van der Waals surface area contributed by atoms with Crippen molar-refractivity contribution in [2.45, 2.75) is 37.5 Å². The molecule has 4 aromatic heterocycles. The molecule has 0 unspecified atom stereocenters. The Bertz CT molecular complexity index is 11000. The number of aromatic nitrogens is 1. The highest BCUT2D eigenvalue weighted by molar-refractivity contribution is 7.27. The van der Waals surface area contributed by atoms with Crippen LogP contribution in [0.4, 0.5) is 0 Å². The normalized spacial score (nSPS) is 13.3. The van der Waals surface area contributed by atoms with Crippen molar-refractivity contribution in [2.75, 3.05) is 0 Å². The highest BCUT2D eigenvalue weighted by Crippen LogP contribution is 2.67. The summed E-state index contributed by atoms with van der Waals surface area (Å²) in [5.74, 6) is 0. The van der Waals surface area contributed by atoms with Crippen LogP contribution in [-0.2, 0) is 37.5 Å². The molecule has 696 valence electrons. The van der Waals surface area contributed by atoms with Gasteiger partial charge in [-0.2, -0.15) is 0 Å². The number of nitrogens with zero attached hydrogens (tertiary/aromatic N) is 1. The summed E-state index contributed by atoms with van der Waals surface area (Å²) in [4.78, 5) is 0. The summed E-state index contributed by atoms with van der Waals surface area (Å²) in [6, 6.07) is 177. The number of thiophene rings is 2. The van der Waals surface area contributed by atoms with Gasteiger partial charge in [-0.05, 0) is 303 Å². The second-order valence-electron chi connectivity index (χ2n) is 41.7. The number of hydrogen-bond acceptors (Lipinski definition) is 3. The minimum atomic E-state index is -0.312. The van der Waals surface area contributed by atoms with Gasteiger partial charge in [0, 0.05) is 86.8 Å². The molecule has 0 bridgehead atoms. The van der Waals surface area contributed by atoms with Gasteiger partial charge in [0.1, 0.15) is 11.2 Å². The molecule has 0 amide bonds. The average molecular weight is 1940 g/mol. The molecule has 0 saturated heterocycles. The standard InChI is InChI=1S/C40H24.C29H19N.C27H16O.C27H16S.C23H14S/c1-3-11-26-24(9-1)17-19-28-29-20-22-37-39(33(29)23-32(26)28)38-27-12-4-2-10-25(27)18-21-36(38)40(37)34-15-7-5-13-30(34)31-14-6-8-16-35(31)40;1-2-9-20(10-3-1)30-28-13-7-6-12-24(28)25-17-16-23-22-15-14-19-8-4-5-11-21(19)26(22)18-27(23)29(25)30;1-2-7-18-14-26-24(13-17(18)6-1)27-23-15-22-19-8-4-3-5-16(19)9-10-20(22)21(23)11-12-25(27)28-26;1-3-7-18-16(5-1)9-11-20-21-13-14-25-26(24(21)15-23(18)20)22-12-10-17-6-2-4-8-19(17)27(22)28-25;1-2-6-15-14(5-1)9-10-16-17-11-12-19-18-7-3-4-8-22(18)24-23(19)21(17)13-20(15)16/h1-22H,23H2;1-17H,18H2;2*1-14H,15H2;1-12H,13H2. The maximum Gasteiger partial charge on any atom is 0.136 e. The molecule has 37 rings (SSSR count). The van der Waals surface area contributed by atoms with Gasteiger partial charge in [0.05, 0.1) is 16.4 Å². The number of hydrogen-bond donors (Lipinski definition) is 0. The molecule has 30 aromatic rings. The van der Waals surface area contributed by atoms with Gasteiger partial charge in [0.2, 0.25) is 0 Å². The number of fused-ring (bicyclic) bond motifs is 57. The van der Waals surface area contributed by atoms with E-state index in [4.69, 9.17) is 4.42 Å². The van der Waals surface area contributed by atoms with Crippen molar-refractivity contribution in [2.24, 2.45) is 0 Å². The number of benzene rings is 26. The average Bonchev–Trinajstić information content (AvgIpc) is 1.49. The van der Waals surface area contributed by atoms with Crippen LogP contribution in [0.15, 0.2) is 484 Å². The first-order chi connectivity index (χ1) is 74.4. The quantitative estimate of drug-likeness (QED) is 0.160. The van der Waals surface area contributed by atoms with Crippen molar-refractivity contribution < 1.29 is 4.42 Å². The van der Waals surface area contributed by atoms with Crippen LogP contribution in [0.1, 0.15) is 77.9 Å². The fourth-order valence-corrected chi connectivity index (χ4v) is 30.6. The van der Waals surface area contributed by atoms with Crippen molar-refractivity contribution >= 4 is 193 Å². The Morgan fingerprint density at radius 1 is 0.187 bits per heavy atom. The molecule has 0 aliphatic heterocycles. The Kier molecular flexibility index (Phi) is 18.2. The van der Waals surface area contributed by atoms with E-state index in [1.165, 1.54) is 321 Å². The molecule has 2 nitrogen and oxygen atoms in total. The van der Waals surface area contributed by atoms with Crippen molar-refractivity contribution in [3.05, 3.63) is 557 Å². The van der Waals surface area contributed by atoms with Gasteiger partial charge in [-0.15, -0.1) is 22.7 Å². The Hall–Kier alpha value is -18.2. The first-order valence-electron chi connectivity index (χ1n) is 52.6. The summed E-state index contributed by atoms with van der Waals surface area (Å²) in [5, 5.41) is 32.2. The second kappa shape index (κ2) is 32.4. The molecule has 150 heavy (non-hydrogen) atoms. The largest absolute Gasteiger partial charge is 0.456 e. The van der Waals surface area contributed by atoms with E-state index in [0.717, 1.165) is 43.3 Å². The first kappa shape index (κ1) is 84.1. The van der Waals surface area contributed by atoms with Crippen LogP contribution in [0.2, 0.25) is 0 Å². The fourth-order valence-electron chi connectivity index (χ4n) is 28.1. The van der Waals surface area contributed by atoms with Gasteiger partial charge >= 0.3 is 0 Å². The molecule has 7 aliphatic carbocycles. The molecule has 26 aromatic carbocycles. The summed E-state index contributed by atoms with van der Waals surface area (Å²) in [6.07, 6.45) is 4.99. The molecule has 0 saturated carbocycles. The lowest BCUT2D eigenvalue weighted by atomic mass is 9.70. The summed E-state index contributed by atoms with van der Waals surface area (Å²) in [6.45, 7) is 0. The third-order valence-electron chi connectivity index (χ3n) is 34.5. The number of rotatable bonds is 1. The molecular weight excluding hydrogens is 1850 g/mol. The molecule has 0 radical (unpaired) electrons. The van der Waals surface area contributed by atoms with Crippen LogP contribution in [0.3, 0.4) is 0 Å². The lowest BCUT2D eigenvalue weighted by Crippen LogP contribution is -2.25. The van der Waals surface area contributed by atoms with E-state index in [1.807, 2.05) is 22.7 Å². The van der Waals surface area contributed by atoms with Gasteiger partial charge in [0.15, 0.2) is 0 Å². The van der Waals surface area contributed by atoms with Gasteiger partial charge in [0.25, 0.3) is 0 Å². The van der Waals surface area contributed by atoms with Crippen molar-refractivity contribution in [3.63, 3.8) is 0 Å². The van der Waals surface area contributed by atoms with Crippen LogP contribution < -0.4 is 0 Å². The van der Waals surface area contributed by atoms with Crippen molar-refractivity contribution in [1.29, 1.82) is 0 Å². The van der Waals surface area contributed by atoms with E-state index < -0.39 is 0 Å². The molecular formula is C146H89NOS2. The molecule has 0 fully saturated rings. The van der Waals surface area contributed by atoms with Crippen molar-refractivity contribution in [3.8, 4) is 83.6 Å². The minimum Gasteiger partial charge on any atom is -0.456 e. The topological polar surface area (TPSA) is 18.1 Å². The molecule has 0 N–H and O–H groups in total. The zero-order valence-electron chi connectivity index (χ0n) is 81.8. The molecule has 0 atom stereocenters. The maximum absolute atomic E-state index is 6.27. The van der Waals surface area contributed by atoms with E-state index in [9.17, 15) is 0 Å². The Balaban J connectivity index is 0.0000000821. The van der Waals surface area contributed by atoms with Crippen LogP contribution in [0.25, 0.3) is 254 Å². The third kappa shape index (κ3) is 12.1. The van der Waals surface area contributed by atoms with Crippen LogP contribution in [0, 0.1) is 0 Å². The highest BCUT2D eigenvalue weighted by atomic mass is 32.1. The second-order valence-corrected chi connectivity index (χ2v) is 43.9. The van der Waals surface area contributed by atoms with Gasteiger partial charge in [-0.25, -0.2) is 0 Å². The zero-order valence-corrected chi connectivity index (χ0v) is 83.5. The monoisotopic (exact) mass is 1940 g/mol. The van der Waals surface area contributed by atoms with E-state index in [1.54, 1.807) is 0 Å². The van der Waals surface area contributed by atoms with Crippen LogP contribution >= 0.6 is 22.7 Å². The molecule has 4 heteroatoms. The van der Waals surface area contributed by atoms with Gasteiger partial charge in [-0.3, -0.25) is 0 Å². The number of furan rings is 1. The maximum atomic E-state index is 6.27. The van der Waals surface area contributed by atoms with Gasteiger partial charge < -0.3 is 8.98 Å². The lowest BCUT2D eigenvalue weighted by molar-refractivity contribution is 0.669. The van der Waals surface area contributed by atoms with Gasteiger partial charge in [-0.1, -0.05) is 431 Å². The number of para-hydroxylation sites is 2. The summed E-state index contributed by atoms with van der Waals surface area (Å²) in [7, 11) is 0. The predicted molar refractivity (Wildman–Crippen MR) is 637 cm³/mol. The third-order valence-corrected chi connectivity index (χ3v) is 37.0. The Morgan fingerprint density at radius 3 is 1.14 bits per heavy atom. The summed E-state index contributed by atoms with van der Waals surface area (Å²) >= 11 is 3.88.